The maximum Gasteiger partial charge on any atom is 0.344 e. The molecule has 0 spiro atoms. The van der Waals surface area contributed by atoms with Gasteiger partial charge in [-0.05, 0) is 78.3 Å². The lowest BCUT2D eigenvalue weighted by atomic mass is 10.2. The average Bonchev–Trinajstić information content (AvgIpc) is 3.36. The number of aromatic nitrogens is 2. The van der Waals surface area contributed by atoms with Crippen LogP contribution in [0, 0.1) is 0 Å². The number of ether oxygens (including phenoxy) is 3. The molecule has 5 rings (SSSR count). The Labute approximate surface area is 242 Å². The highest BCUT2D eigenvalue weighted by Gasteiger charge is 2.17. The zero-order valence-corrected chi connectivity index (χ0v) is 23.9. The summed E-state index contributed by atoms with van der Waals surface area (Å²) in [6.45, 7) is 3.91. The molecule has 0 aliphatic carbocycles. The highest BCUT2D eigenvalue weighted by atomic mass is 79.9. The monoisotopic (exact) mass is 623 g/mol. The molecule has 0 fully saturated rings. The molecule has 9 nitrogen and oxygen atoms in total. The predicted molar refractivity (Wildman–Crippen MR) is 157 cm³/mol. The minimum atomic E-state index is -0.490. The SMILES string of the molecule is CCOC(=O)COc1cc(Br)c(C=Nn2c(-c3cc4cc(Cl)ccc4o3)nc3ccccc3c2=O)cc1OCC. The molecule has 0 saturated heterocycles. The van der Waals surface area contributed by atoms with Gasteiger partial charge in [0.25, 0.3) is 5.56 Å². The Bertz CT molecular complexity index is 1810. The van der Waals surface area contributed by atoms with E-state index in [0.29, 0.717) is 55.4 Å². The maximum absolute atomic E-state index is 13.6. The Morgan fingerprint density at radius 3 is 2.67 bits per heavy atom. The van der Waals surface area contributed by atoms with Crippen LogP contribution in [0.4, 0.5) is 0 Å². The van der Waals surface area contributed by atoms with Crippen LogP contribution in [0.15, 0.2) is 79.4 Å². The molecule has 0 bridgehead atoms. The van der Waals surface area contributed by atoms with Crippen molar-refractivity contribution in [2.75, 3.05) is 19.8 Å². The number of furan rings is 1. The first-order valence-corrected chi connectivity index (χ1v) is 13.6. The first-order valence-electron chi connectivity index (χ1n) is 12.4. The second-order valence-electron chi connectivity index (χ2n) is 8.45. The lowest BCUT2D eigenvalue weighted by molar-refractivity contribution is -0.145. The van der Waals surface area contributed by atoms with Crippen LogP contribution in [0.1, 0.15) is 19.4 Å². The van der Waals surface area contributed by atoms with E-state index in [-0.39, 0.29) is 24.6 Å². The zero-order valence-electron chi connectivity index (χ0n) is 21.5. The Morgan fingerprint density at radius 1 is 1.07 bits per heavy atom. The van der Waals surface area contributed by atoms with Crippen LogP contribution in [0.2, 0.25) is 5.02 Å². The molecule has 204 valence electrons. The van der Waals surface area contributed by atoms with Gasteiger partial charge in [0.15, 0.2) is 23.9 Å². The van der Waals surface area contributed by atoms with Gasteiger partial charge in [-0.15, -0.1) is 0 Å². The van der Waals surface area contributed by atoms with Crippen molar-refractivity contribution in [2.45, 2.75) is 13.8 Å². The van der Waals surface area contributed by atoms with Crippen LogP contribution in [0.25, 0.3) is 33.5 Å². The number of rotatable bonds is 9. The average molecular weight is 625 g/mol. The standard InChI is InChI=1S/C29H23BrClN3O6/c1-3-37-24-13-18(21(30)14-25(24)39-16-27(35)38-4-2)15-32-34-28(33-22-8-6-5-7-20(22)29(34)36)26-12-17-11-19(31)9-10-23(17)40-26/h5-15H,3-4,16H2,1-2H3. The number of benzene rings is 3. The number of para-hydroxylation sites is 1. The van der Waals surface area contributed by atoms with Gasteiger partial charge in [-0.1, -0.05) is 23.7 Å². The third kappa shape index (κ3) is 5.73. The van der Waals surface area contributed by atoms with Crippen LogP contribution in [0.5, 0.6) is 11.5 Å². The van der Waals surface area contributed by atoms with E-state index in [9.17, 15) is 9.59 Å². The van der Waals surface area contributed by atoms with Crippen molar-refractivity contribution in [2.24, 2.45) is 5.10 Å². The van der Waals surface area contributed by atoms with Crippen molar-refractivity contribution in [3.05, 3.63) is 86.1 Å². The molecule has 0 N–H and O–H groups in total. The van der Waals surface area contributed by atoms with Gasteiger partial charge in [0.1, 0.15) is 5.58 Å². The normalized spacial score (nSPS) is 11.4. The maximum atomic E-state index is 13.6. The first kappa shape index (κ1) is 27.4. The second kappa shape index (κ2) is 11.9. The predicted octanol–water partition coefficient (Wildman–Crippen LogP) is 6.45. The Balaban J connectivity index is 1.59. The lowest BCUT2D eigenvalue weighted by Gasteiger charge is -2.13. The number of nitrogens with zero attached hydrogens (tertiary/aromatic N) is 3. The summed E-state index contributed by atoms with van der Waals surface area (Å²) >= 11 is 9.67. The summed E-state index contributed by atoms with van der Waals surface area (Å²) < 4.78 is 24.1. The van der Waals surface area contributed by atoms with E-state index in [4.69, 9.17) is 35.2 Å². The molecule has 40 heavy (non-hydrogen) atoms. The molecular formula is C29H23BrClN3O6. The summed E-state index contributed by atoms with van der Waals surface area (Å²) in [5.41, 5.74) is 1.33. The number of hydrogen-bond donors (Lipinski definition) is 0. The Morgan fingerprint density at radius 2 is 1.88 bits per heavy atom. The van der Waals surface area contributed by atoms with E-state index in [2.05, 4.69) is 21.0 Å². The fourth-order valence-corrected chi connectivity index (χ4v) is 4.61. The van der Waals surface area contributed by atoms with Crippen molar-refractivity contribution >= 4 is 61.6 Å². The second-order valence-corrected chi connectivity index (χ2v) is 9.74. The van der Waals surface area contributed by atoms with E-state index in [1.807, 2.05) is 13.0 Å². The van der Waals surface area contributed by atoms with Crippen molar-refractivity contribution in [1.82, 2.24) is 9.66 Å². The molecular weight excluding hydrogens is 602 g/mol. The van der Waals surface area contributed by atoms with Gasteiger partial charge in [0, 0.05) is 20.4 Å². The molecule has 0 atom stereocenters. The lowest BCUT2D eigenvalue weighted by Crippen LogP contribution is -2.20. The molecule has 0 radical (unpaired) electrons. The quantitative estimate of drug-likeness (QED) is 0.137. The Kier molecular flexibility index (Phi) is 8.18. The Hall–Kier alpha value is -4.15. The van der Waals surface area contributed by atoms with E-state index < -0.39 is 5.97 Å². The van der Waals surface area contributed by atoms with Gasteiger partial charge in [0.2, 0.25) is 5.82 Å². The van der Waals surface area contributed by atoms with Crippen molar-refractivity contribution < 1.29 is 23.4 Å². The van der Waals surface area contributed by atoms with E-state index >= 15 is 0 Å². The van der Waals surface area contributed by atoms with Crippen LogP contribution in [-0.2, 0) is 9.53 Å². The van der Waals surface area contributed by atoms with Crippen molar-refractivity contribution in [3.63, 3.8) is 0 Å². The number of hydrogen-bond acceptors (Lipinski definition) is 8. The molecule has 3 aromatic carbocycles. The molecule has 0 saturated carbocycles. The minimum Gasteiger partial charge on any atom is -0.490 e. The van der Waals surface area contributed by atoms with Gasteiger partial charge in [-0.2, -0.15) is 9.78 Å². The van der Waals surface area contributed by atoms with Crippen LogP contribution < -0.4 is 15.0 Å². The third-order valence-electron chi connectivity index (χ3n) is 5.78. The van der Waals surface area contributed by atoms with Crippen LogP contribution in [0.3, 0.4) is 0 Å². The first-order chi connectivity index (χ1) is 19.4. The smallest absolute Gasteiger partial charge is 0.344 e. The highest BCUT2D eigenvalue weighted by Crippen LogP contribution is 2.34. The van der Waals surface area contributed by atoms with E-state index in [1.165, 1.54) is 10.9 Å². The summed E-state index contributed by atoms with van der Waals surface area (Å²) in [6.07, 6.45) is 1.50. The van der Waals surface area contributed by atoms with E-state index in [0.717, 1.165) is 5.39 Å². The summed E-state index contributed by atoms with van der Waals surface area (Å²) in [7, 11) is 0. The molecule has 0 aliphatic rings. The number of esters is 1. The summed E-state index contributed by atoms with van der Waals surface area (Å²) in [5, 5.41) is 6.24. The molecule has 0 unspecified atom stereocenters. The van der Waals surface area contributed by atoms with Gasteiger partial charge >= 0.3 is 5.97 Å². The van der Waals surface area contributed by atoms with Crippen molar-refractivity contribution in [1.29, 1.82) is 0 Å². The fraction of sp³-hybridized carbons (Fsp3) is 0.172. The summed E-state index contributed by atoms with van der Waals surface area (Å²) in [6, 6.07) is 17.4. The van der Waals surface area contributed by atoms with E-state index in [1.54, 1.807) is 61.5 Å². The fourth-order valence-electron chi connectivity index (χ4n) is 4.00. The largest absolute Gasteiger partial charge is 0.490 e. The minimum absolute atomic E-state index is 0.225. The highest BCUT2D eigenvalue weighted by molar-refractivity contribution is 9.10. The van der Waals surface area contributed by atoms with Gasteiger partial charge < -0.3 is 18.6 Å². The molecule has 11 heteroatoms. The zero-order chi connectivity index (χ0) is 28.2. The molecule has 0 amide bonds. The number of carbonyl (C=O) groups excluding carboxylic acids is 1. The van der Waals surface area contributed by atoms with Crippen molar-refractivity contribution in [3.8, 4) is 23.1 Å². The molecule has 2 heterocycles. The number of halogens is 2. The van der Waals surface area contributed by atoms with Gasteiger partial charge in [-0.25, -0.2) is 9.78 Å². The molecule has 0 aliphatic heterocycles. The summed E-state index contributed by atoms with van der Waals surface area (Å²) in [4.78, 5) is 30.0. The molecule has 5 aromatic rings. The topological polar surface area (TPSA) is 105 Å². The molecule has 2 aromatic heterocycles. The third-order valence-corrected chi connectivity index (χ3v) is 6.70. The summed E-state index contributed by atoms with van der Waals surface area (Å²) in [5.74, 6) is 0.840. The van der Waals surface area contributed by atoms with Gasteiger partial charge in [-0.3, -0.25) is 4.79 Å². The number of fused-ring (bicyclic) bond motifs is 2. The van der Waals surface area contributed by atoms with Gasteiger partial charge in [0.05, 0.1) is 30.3 Å². The van der Waals surface area contributed by atoms with Crippen LogP contribution in [-0.4, -0.2) is 41.7 Å². The van der Waals surface area contributed by atoms with Crippen LogP contribution >= 0.6 is 27.5 Å². The number of carbonyl (C=O) groups is 1.